The fourth-order valence-electron chi connectivity index (χ4n) is 1.95. The van der Waals surface area contributed by atoms with Crippen molar-refractivity contribution in [1.82, 2.24) is 16.0 Å². The van der Waals surface area contributed by atoms with E-state index in [1.807, 2.05) is 0 Å². The van der Waals surface area contributed by atoms with Crippen molar-refractivity contribution >= 4 is 11.8 Å². The van der Waals surface area contributed by atoms with E-state index in [0.717, 1.165) is 19.4 Å². The van der Waals surface area contributed by atoms with E-state index in [-0.39, 0.29) is 11.8 Å². The van der Waals surface area contributed by atoms with Crippen LogP contribution >= 0.6 is 0 Å². The molecule has 0 saturated carbocycles. The van der Waals surface area contributed by atoms with Crippen LogP contribution in [0.1, 0.15) is 39.5 Å². The Hall–Kier alpha value is -1.10. The molecular formula is C13H25N3O2. The quantitative estimate of drug-likeness (QED) is 0.617. The van der Waals surface area contributed by atoms with Crippen molar-refractivity contribution in [3.05, 3.63) is 0 Å². The van der Waals surface area contributed by atoms with Gasteiger partial charge >= 0.3 is 0 Å². The maximum atomic E-state index is 11.6. The maximum Gasteiger partial charge on any atom is 0.221 e. The molecule has 0 aromatic heterocycles. The fourth-order valence-corrected chi connectivity index (χ4v) is 1.95. The number of carbonyl (C=O) groups is 2. The summed E-state index contributed by atoms with van der Waals surface area (Å²) in [6.45, 7) is 6.23. The summed E-state index contributed by atoms with van der Waals surface area (Å²) in [5, 5.41) is 8.89. The van der Waals surface area contributed by atoms with Crippen LogP contribution in [0.15, 0.2) is 0 Å². The van der Waals surface area contributed by atoms with Gasteiger partial charge < -0.3 is 16.0 Å². The van der Waals surface area contributed by atoms with E-state index in [4.69, 9.17) is 0 Å². The number of carbonyl (C=O) groups excluding carboxylic acids is 2. The largest absolute Gasteiger partial charge is 0.356 e. The van der Waals surface area contributed by atoms with Crippen molar-refractivity contribution in [3.8, 4) is 0 Å². The number of hydrogen-bond donors (Lipinski definition) is 3. The Balaban J connectivity index is 2.02. The van der Waals surface area contributed by atoms with E-state index in [0.29, 0.717) is 37.9 Å². The third kappa shape index (κ3) is 6.59. The first-order valence-electron chi connectivity index (χ1n) is 6.84. The van der Waals surface area contributed by atoms with Crippen molar-refractivity contribution in [2.45, 2.75) is 45.6 Å². The van der Waals surface area contributed by atoms with Crippen LogP contribution in [0.3, 0.4) is 0 Å². The highest BCUT2D eigenvalue weighted by atomic mass is 16.2. The molecule has 5 heteroatoms. The summed E-state index contributed by atoms with van der Waals surface area (Å²) in [5.74, 6) is 0.492. The van der Waals surface area contributed by atoms with Crippen LogP contribution < -0.4 is 16.0 Å². The molecule has 1 aliphatic rings. The van der Waals surface area contributed by atoms with Gasteiger partial charge in [-0.1, -0.05) is 13.8 Å². The molecule has 0 bridgehead atoms. The molecular weight excluding hydrogens is 230 g/mol. The van der Waals surface area contributed by atoms with E-state index >= 15 is 0 Å². The highest BCUT2D eigenvalue weighted by Crippen LogP contribution is 2.07. The molecule has 3 N–H and O–H groups in total. The van der Waals surface area contributed by atoms with Gasteiger partial charge in [-0.15, -0.1) is 0 Å². The first kappa shape index (κ1) is 15.0. The number of nitrogens with one attached hydrogen (secondary N) is 3. The summed E-state index contributed by atoms with van der Waals surface area (Å²) in [6, 6.07) is 0.319. The molecule has 0 radical (unpaired) electrons. The molecule has 1 rings (SSSR count). The molecule has 1 saturated heterocycles. The van der Waals surface area contributed by atoms with Gasteiger partial charge in [-0.05, 0) is 25.3 Å². The van der Waals surface area contributed by atoms with Crippen LogP contribution in [-0.2, 0) is 9.59 Å². The maximum absolute atomic E-state index is 11.6. The zero-order valence-electron chi connectivity index (χ0n) is 11.4. The van der Waals surface area contributed by atoms with Crippen molar-refractivity contribution in [3.63, 3.8) is 0 Å². The van der Waals surface area contributed by atoms with Gasteiger partial charge in [0.05, 0.1) is 0 Å². The molecule has 18 heavy (non-hydrogen) atoms. The van der Waals surface area contributed by atoms with Crippen LogP contribution in [-0.4, -0.2) is 37.5 Å². The summed E-state index contributed by atoms with van der Waals surface area (Å²) < 4.78 is 0. The summed E-state index contributed by atoms with van der Waals surface area (Å²) in [7, 11) is 0. The molecule has 1 unspecified atom stereocenters. The molecule has 1 atom stereocenters. The van der Waals surface area contributed by atoms with Gasteiger partial charge in [-0.3, -0.25) is 9.59 Å². The second-order valence-electron chi connectivity index (χ2n) is 5.30. The molecule has 0 spiro atoms. The van der Waals surface area contributed by atoms with Gasteiger partial charge in [0, 0.05) is 32.0 Å². The van der Waals surface area contributed by atoms with E-state index in [2.05, 4.69) is 29.8 Å². The summed E-state index contributed by atoms with van der Waals surface area (Å²) in [6.07, 6.45) is 3.10. The minimum absolute atomic E-state index is 0.00277. The molecule has 1 fully saturated rings. The topological polar surface area (TPSA) is 70.2 Å². The van der Waals surface area contributed by atoms with E-state index in [9.17, 15) is 9.59 Å². The summed E-state index contributed by atoms with van der Waals surface area (Å²) >= 11 is 0. The highest BCUT2D eigenvalue weighted by Gasteiger charge is 2.17. The van der Waals surface area contributed by atoms with Crippen molar-refractivity contribution in [2.24, 2.45) is 5.92 Å². The Labute approximate surface area is 109 Å². The van der Waals surface area contributed by atoms with E-state index < -0.39 is 0 Å². The monoisotopic (exact) mass is 255 g/mol. The smallest absolute Gasteiger partial charge is 0.221 e. The van der Waals surface area contributed by atoms with Gasteiger partial charge in [0.2, 0.25) is 11.8 Å². The Morgan fingerprint density at radius 1 is 1.28 bits per heavy atom. The van der Waals surface area contributed by atoms with Gasteiger partial charge in [0.15, 0.2) is 0 Å². The van der Waals surface area contributed by atoms with Crippen LogP contribution in [0.25, 0.3) is 0 Å². The van der Waals surface area contributed by atoms with Crippen molar-refractivity contribution in [1.29, 1.82) is 0 Å². The van der Waals surface area contributed by atoms with Crippen molar-refractivity contribution in [2.75, 3.05) is 19.6 Å². The Bertz CT molecular complexity index is 273. The second kappa shape index (κ2) is 8.08. The molecule has 0 aromatic carbocycles. The molecule has 5 nitrogen and oxygen atoms in total. The van der Waals surface area contributed by atoms with Gasteiger partial charge in [0.25, 0.3) is 0 Å². The number of rotatable bonds is 7. The third-order valence-corrected chi connectivity index (χ3v) is 2.98. The predicted molar refractivity (Wildman–Crippen MR) is 71.1 cm³/mol. The predicted octanol–water partition coefficient (Wildman–Crippen LogP) is 0.407. The lowest BCUT2D eigenvalue weighted by molar-refractivity contribution is -0.122. The van der Waals surface area contributed by atoms with Crippen LogP contribution in [0.2, 0.25) is 0 Å². The van der Waals surface area contributed by atoms with Crippen LogP contribution in [0, 0.1) is 5.92 Å². The average Bonchev–Trinajstić information content (AvgIpc) is 2.79. The summed E-state index contributed by atoms with van der Waals surface area (Å²) in [4.78, 5) is 23.0. The number of hydrogen-bond acceptors (Lipinski definition) is 3. The highest BCUT2D eigenvalue weighted by molar-refractivity contribution is 5.79. The first-order valence-corrected chi connectivity index (χ1v) is 6.84. The van der Waals surface area contributed by atoms with E-state index in [1.54, 1.807) is 0 Å². The zero-order chi connectivity index (χ0) is 13.4. The SMILES string of the molecule is CC(C)CNC(=O)CCNC(=O)CC1CCCN1. The molecule has 1 heterocycles. The lowest BCUT2D eigenvalue weighted by atomic mass is 10.1. The van der Waals surface area contributed by atoms with Gasteiger partial charge in [-0.25, -0.2) is 0 Å². The van der Waals surface area contributed by atoms with Crippen LogP contribution in [0.4, 0.5) is 0 Å². The molecule has 1 aliphatic heterocycles. The van der Waals surface area contributed by atoms with Crippen molar-refractivity contribution < 1.29 is 9.59 Å². The first-order chi connectivity index (χ1) is 8.58. The normalized spacial score (nSPS) is 18.9. The summed E-state index contributed by atoms with van der Waals surface area (Å²) in [5.41, 5.74) is 0. The molecule has 104 valence electrons. The fraction of sp³-hybridized carbons (Fsp3) is 0.846. The average molecular weight is 255 g/mol. The Kier molecular flexibility index (Phi) is 6.72. The zero-order valence-corrected chi connectivity index (χ0v) is 11.4. The van der Waals surface area contributed by atoms with Gasteiger partial charge in [-0.2, -0.15) is 0 Å². The molecule has 0 aliphatic carbocycles. The Morgan fingerprint density at radius 3 is 2.67 bits per heavy atom. The minimum Gasteiger partial charge on any atom is -0.356 e. The standard InChI is InChI=1S/C13H25N3O2/c1-10(2)9-16-12(17)5-7-15-13(18)8-11-4-3-6-14-11/h10-11,14H,3-9H2,1-2H3,(H,15,18)(H,16,17). The third-order valence-electron chi connectivity index (χ3n) is 2.98. The second-order valence-corrected chi connectivity index (χ2v) is 5.30. The Morgan fingerprint density at radius 2 is 2.06 bits per heavy atom. The lowest BCUT2D eigenvalue weighted by Gasteiger charge is -2.11. The van der Waals surface area contributed by atoms with Gasteiger partial charge in [0.1, 0.15) is 0 Å². The molecule has 2 amide bonds. The lowest BCUT2D eigenvalue weighted by Crippen LogP contribution is -2.35. The minimum atomic E-state index is 0.00277. The van der Waals surface area contributed by atoms with E-state index in [1.165, 1.54) is 0 Å². The van der Waals surface area contributed by atoms with Crippen LogP contribution in [0.5, 0.6) is 0 Å². The number of amides is 2. The molecule has 0 aromatic rings.